The lowest BCUT2D eigenvalue weighted by atomic mass is 9.41. The van der Waals surface area contributed by atoms with Gasteiger partial charge in [0.1, 0.15) is 28.6 Å². The molecule has 8 nitrogen and oxygen atoms in total. The van der Waals surface area contributed by atoms with Gasteiger partial charge in [0, 0.05) is 22.3 Å². The average molecular weight is 587 g/mol. The minimum absolute atomic E-state index is 0.0471. The number of ketones is 3. The van der Waals surface area contributed by atoms with Gasteiger partial charge in [-0.25, -0.2) is 0 Å². The van der Waals surface area contributed by atoms with Crippen molar-refractivity contribution in [2.75, 3.05) is 7.11 Å². The predicted molar refractivity (Wildman–Crippen MR) is 160 cm³/mol. The van der Waals surface area contributed by atoms with Gasteiger partial charge in [0.25, 0.3) is 0 Å². The van der Waals surface area contributed by atoms with Crippen LogP contribution in [0, 0.1) is 22.7 Å². The van der Waals surface area contributed by atoms with Crippen LogP contribution in [0.2, 0.25) is 0 Å². The van der Waals surface area contributed by atoms with Crippen molar-refractivity contribution in [3.05, 3.63) is 63.4 Å². The van der Waals surface area contributed by atoms with Crippen molar-refractivity contribution in [1.29, 1.82) is 0 Å². The SMILES string of the molecule is CCc1c(OC)ccc2c1CC1c3c-2ccc(O)c3C(O)=C2C(=O)[C@@]3(O)C(O)=C(C(C)=O)C(=O)C(C(C)C)[C@@]3(C)C[C@]21C. The topological polar surface area (TPSA) is 141 Å². The highest BCUT2D eigenvalue weighted by Gasteiger charge is 2.73. The van der Waals surface area contributed by atoms with Gasteiger partial charge < -0.3 is 25.2 Å². The first-order valence-electron chi connectivity index (χ1n) is 14.9. The third kappa shape index (κ3) is 3.27. The van der Waals surface area contributed by atoms with Crippen molar-refractivity contribution in [1.82, 2.24) is 0 Å². The second-order valence-electron chi connectivity index (χ2n) is 13.4. The first-order valence-corrected chi connectivity index (χ1v) is 14.9. The molecular weight excluding hydrogens is 548 g/mol. The summed E-state index contributed by atoms with van der Waals surface area (Å²) in [4.78, 5) is 41.3. The van der Waals surface area contributed by atoms with E-state index >= 15 is 0 Å². The molecule has 43 heavy (non-hydrogen) atoms. The average Bonchev–Trinajstić information content (AvgIpc) is 2.92. The van der Waals surface area contributed by atoms with Crippen molar-refractivity contribution in [2.24, 2.45) is 22.7 Å². The highest BCUT2D eigenvalue weighted by Crippen LogP contribution is 2.69. The summed E-state index contributed by atoms with van der Waals surface area (Å²) in [6.45, 7) is 10.3. The molecule has 0 aliphatic heterocycles. The highest BCUT2D eigenvalue weighted by molar-refractivity contribution is 6.24. The minimum Gasteiger partial charge on any atom is -0.508 e. The van der Waals surface area contributed by atoms with Crippen LogP contribution in [0.5, 0.6) is 11.5 Å². The zero-order valence-electron chi connectivity index (χ0n) is 25.6. The molecule has 4 aliphatic rings. The maximum Gasteiger partial charge on any atom is 0.203 e. The van der Waals surface area contributed by atoms with Crippen LogP contribution in [-0.4, -0.2) is 50.5 Å². The van der Waals surface area contributed by atoms with Crippen LogP contribution < -0.4 is 4.74 Å². The molecule has 0 saturated heterocycles. The number of ether oxygens (including phenoxy) is 1. The summed E-state index contributed by atoms with van der Waals surface area (Å²) in [5, 5.41) is 46.8. The predicted octanol–water partition coefficient (Wildman–Crippen LogP) is 5.53. The molecule has 0 bridgehead atoms. The maximum absolute atomic E-state index is 14.8. The van der Waals surface area contributed by atoms with Gasteiger partial charge in [-0.05, 0) is 78.0 Å². The summed E-state index contributed by atoms with van der Waals surface area (Å²) in [6, 6.07) is 7.20. The Morgan fingerprint density at radius 2 is 1.72 bits per heavy atom. The van der Waals surface area contributed by atoms with Gasteiger partial charge in [-0.15, -0.1) is 0 Å². The Morgan fingerprint density at radius 1 is 1.07 bits per heavy atom. The smallest absolute Gasteiger partial charge is 0.203 e. The normalized spacial score (nSPS) is 31.0. The highest BCUT2D eigenvalue weighted by atomic mass is 16.5. The number of phenolic OH excluding ortho intramolecular Hbond substituents is 1. The molecule has 0 heterocycles. The number of aromatic hydroxyl groups is 1. The van der Waals surface area contributed by atoms with Crippen molar-refractivity contribution in [3.8, 4) is 22.6 Å². The summed E-state index contributed by atoms with van der Waals surface area (Å²) in [5.41, 5.74) is -1.32. The summed E-state index contributed by atoms with van der Waals surface area (Å²) in [5.74, 6) is -4.99. The summed E-state index contributed by atoms with van der Waals surface area (Å²) < 4.78 is 5.70. The third-order valence-corrected chi connectivity index (χ3v) is 11.0. The minimum atomic E-state index is -2.64. The number of fused-ring (bicyclic) bond motifs is 5. The van der Waals surface area contributed by atoms with Gasteiger partial charge in [-0.1, -0.05) is 46.8 Å². The summed E-state index contributed by atoms with van der Waals surface area (Å²) in [7, 11) is 1.62. The number of Topliss-reactive ketones (excluding diaryl/α,β-unsaturated/α-hetero) is 3. The van der Waals surface area contributed by atoms with Gasteiger partial charge >= 0.3 is 0 Å². The molecule has 4 N–H and O–H groups in total. The first-order chi connectivity index (χ1) is 20.1. The second kappa shape index (κ2) is 9.05. The van der Waals surface area contributed by atoms with Gasteiger partial charge in [0.15, 0.2) is 17.2 Å². The molecule has 0 spiro atoms. The molecule has 6 rings (SSSR count). The van der Waals surface area contributed by atoms with Gasteiger partial charge in [-0.2, -0.15) is 0 Å². The van der Waals surface area contributed by atoms with Crippen LogP contribution in [0.25, 0.3) is 16.9 Å². The number of aliphatic hydroxyl groups is 3. The van der Waals surface area contributed by atoms with Gasteiger partial charge in [-0.3, -0.25) is 14.4 Å². The quantitative estimate of drug-likeness (QED) is 0.343. The number of methoxy groups -OCH3 is 1. The Kier molecular flexibility index (Phi) is 6.14. The van der Waals surface area contributed by atoms with E-state index in [9.17, 15) is 34.8 Å². The van der Waals surface area contributed by atoms with Gasteiger partial charge in [0.2, 0.25) is 5.78 Å². The Balaban J connectivity index is 1.71. The fraction of sp³-hybridized carbons (Fsp3) is 0.457. The number of hydrogen-bond donors (Lipinski definition) is 4. The fourth-order valence-corrected chi connectivity index (χ4v) is 9.35. The number of carbonyl (C=O) groups is 3. The van der Waals surface area contributed by atoms with E-state index in [2.05, 4.69) is 0 Å². The summed E-state index contributed by atoms with van der Waals surface area (Å²) >= 11 is 0. The third-order valence-electron chi connectivity index (χ3n) is 11.0. The van der Waals surface area contributed by atoms with Crippen LogP contribution in [0.15, 0.2) is 41.2 Å². The molecule has 5 atom stereocenters. The number of carbonyl (C=O) groups excluding carboxylic acids is 3. The monoisotopic (exact) mass is 586 g/mol. The summed E-state index contributed by atoms with van der Waals surface area (Å²) in [6.07, 6.45) is 1.19. The standard InChI is InChI=1S/C35H38O8/c1-8-17-20-13-21-25-19(18(20)10-12-23(17)43-7)9-11-22(37)26(25)30(39)28-32(41)35(42)31(40)24(16(4)36)29(38)27(15(2)3)34(35,6)14-33(21,28)5/h9-12,15,21,27,37,39-40,42H,8,13-14H2,1-7H3/t21?,27?,33-,34+,35-/m0/s1. The zero-order chi connectivity index (χ0) is 31.5. The number of phenols is 1. The van der Waals surface area contributed by atoms with Crippen molar-refractivity contribution in [2.45, 2.75) is 72.3 Å². The number of hydrogen-bond acceptors (Lipinski definition) is 8. The van der Waals surface area contributed by atoms with Crippen LogP contribution >= 0.6 is 0 Å². The van der Waals surface area contributed by atoms with E-state index in [4.69, 9.17) is 4.74 Å². The van der Waals surface area contributed by atoms with Crippen LogP contribution in [0.3, 0.4) is 0 Å². The largest absolute Gasteiger partial charge is 0.508 e. The van der Waals surface area contributed by atoms with E-state index in [1.807, 2.05) is 32.0 Å². The number of rotatable bonds is 4. The molecule has 0 aromatic heterocycles. The van der Waals surface area contributed by atoms with Crippen LogP contribution in [0.4, 0.5) is 0 Å². The van der Waals surface area contributed by atoms with Crippen molar-refractivity contribution in [3.63, 3.8) is 0 Å². The van der Waals surface area contributed by atoms with Crippen molar-refractivity contribution >= 4 is 23.1 Å². The molecule has 226 valence electrons. The molecule has 1 fully saturated rings. The van der Waals surface area contributed by atoms with E-state index in [1.165, 1.54) is 6.07 Å². The van der Waals surface area contributed by atoms with E-state index < -0.39 is 62.7 Å². The van der Waals surface area contributed by atoms with E-state index in [0.29, 0.717) is 18.4 Å². The Labute approximate surface area is 250 Å². The molecule has 4 aliphatic carbocycles. The second-order valence-corrected chi connectivity index (χ2v) is 13.4. The number of benzene rings is 2. The Morgan fingerprint density at radius 3 is 2.30 bits per heavy atom. The molecular formula is C35H38O8. The molecule has 2 aromatic carbocycles. The molecule has 0 radical (unpaired) electrons. The first kappa shape index (κ1) is 29.2. The Bertz CT molecular complexity index is 1730. The van der Waals surface area contributed by atoms with E-state index in [1.54, 1.807) is 27.9 Å². The Hall–Kier alpha value is -3.91. The zero-order valence-corrected chi connectivity index (χ0v) is 25.6. The molecule has 8 heteroatoms. The number of allylic oxidation sites excluding steroid dienone is 1. The lowest BCUT2D eigenvalue weighted by Crippen LogP contribution is -2.69. The maximum atomic E-state index is 14.8. The lowest BCUT2D eigenvalue weighted by Gasteiger charge is -2.61. The van der Waals surface area contributed by atoms with E-state index in [0.717, 1.165) is 34.9 Å². The fourth-order valence-electron chi connectivity index (χ4n) is 9.35. The van der Waals surface area contributed by atoms with Gasteiger partial charge in [0.05, 0.1) is 12.7 Å². The molecule has 1 saturated carbocycles. The van der Waals surface area contributed by atoms with Crippen molar-refractivity contribution < 1.29 is 39.5 Å². The molecule has 2 aromatic rings. The molecule has 2 unspecified atom stereocenters. The van der Waals surface area contributed by atoms with Crippen LogP contribution in [0.1, 0.15) is 76.1 Å². The van der Waals surface area contributed by atoms with E-state index in [-0.39, 0.29) is 29.2 Å². The number of aliphatic hydroxyl groups excluding tert-OH is 2. The molecule has 0 amide bonds. The van der Waals surface area contributed by atoms with Crippen LogP contribution in [-0.2, 0) is 27.2 Å². The lowest BCUT2D eigenvalue weighted by molar-refractivity contribution is -0.179.